The average Bonchev–Trinajstić information content (AvgIpc) is 2.59. The molecule has 0 fully saturated rings. The number of aromatic hydroxyl groups is 1. The number of carbonyl (C=O) groups excluding carboxylic acids is 1. The number of methoxy groups -OCH3 is 1. The van der Waals surface area contributed by atoms with Crippen molar-refractivity contribution in [2.75, 3.05) is 7.11 Å². The van der Waals surface area contributed by atoms with Crippen LogP contribution in [0.1, 0.15) is 21.5 Å². The zero-order chi connectivity index (χ0) is 19.5. The van der Waals surface area contributed by atoms with Crippen LogP contribution in [0.2, 0.25) is 0 Å². The molecule has 1 N–H and O–H groups in total. The normalized spacial score (nSPS) is 11.9. The molecule has 0 aliphatic rings. The van der Waals surface area contributed by atoms with Gasteiger partial charge in [0, 0.05) is 0 Å². The van der Waals surface area contributed by atoms with Gasteiger partial charge >= 0.3 is 18.1 Å². The molecule has 4 nitrogen and oxygen atoms in total. The molecule has 0 saturated carbocycles. The quantitative estimate of drug-likeness (QED) is 0.620. The summed E-state index contributed by atoms with van der Waals surface area (Å²) in [5, 5.41) is 9.89. The van der Waals surface area contributed by atoms with Gasteiger partial charge in [0.15, 0.2) is 11.5 Å². The van der Waals surface area contributed by atoms with Crippen molar-refractivity contribution in [1.82, 2.24) is 0 Å². The van der Waals surface area contributed by atoms with Crippen LogP contribution in [-0.4, -0.2) is 24.4 Å². The van der Waals surface area contributed by atoms with Crippen LogP contribution in [0.5, 0.6) is 11.5 Å². The summed E-state index contributed by atoms with van der Waals surface area (Å²) >= 11 is 0. The number of phenolic OH excluding ortho intramolecular Hbond substituents is 1. The first-order chi connectivity index (χ1) is 12.1. The van der Waals surface area contributed by atoms with Crippen LogP contribution < -0.4 is 4.74 Å². The summed E-state index contributed by atoms with van der Waals surface area (Å²) in [6.07, 6.45) is -5.96. The van der Waals surface area contributed by atoms with Crippen LogP contribution in [0, 0.1) is 0 Å². The average molecular weight is 376 g/mol. The monoisotopic (exact) mass is 376 g/mol. The highest BCUT2D eigenvalue weighted by Gasteiger charge is 2.60. The lowest BCUT2D eigenvalue weighted by Gasteiger charge is -2.23. The fourth-order valence-electron chi connectivity index (χ4n) is 2.12. The first kappa shape index (κ1) is 19.5. The summed E-state index contributed by atoms with van der Waals surface area (Å²) in [7, 11) is 0.917. The van der Waals surface area contributed by atoms with Crippen molar-refractivity contribution in [1.29, 1.82) is 0 Å². The minimum atomic E-state index is -5.96. The maximum absolute atomic E-state index is 13.9. The highest BCUT2D eigenvalue weighted by molar-refractivity contribution is 5.90. The highest BCUT2D eigenvalue weighted by atomic mass is 19.4. The molecule has 9 heteroatoms. The lowest BCUT2D eigenvalue weighted by atomic mass is 10.0. The maximum Gasteiger partial charge on any atom is 0.458 e. The van der Waals surface area contributed by atoms with Gasteiger partial charge in [-0.2, -0.15) is 22.0 Å². The number of benzene rings is 2. The molecule has 0 saturated heterocycles. The van der Waals surface area contributed by atoms with Gasteiger partial charge in [-0.15, -0.1) is 0 Å². The Labute approximate surface area is 144 Å². The summed E-state index contributed by atoms with van der Waals surface area (Å²) in [6.45, 7) is -0.368. The fraction of sp³-hybridized carbons (Fsp3) is 0.235. The number of carbonyl (C=O) groups is 1. The van der Waals surface area contributed by atoms with E-state index in [2.05, 4.69) is 4.74 Å². The predicted octanol–water partition coefficient (Wildman–Crippen LogP) is 4.41. The van der Waals surface area contributed by atoms with E-state index in [9.17, 15) is 31.9 Å². The molecule has 0 radical (unpaired) electrons. The van der Waals surface area contributed by atoms with Crippen LogP contribution in [0.3, 0.4) is 0 Å². The van der Waals surface area contributed by atoms with E-state index in [1.807, 2.05) is 0 Å². The number of alkyl halides is 5. The van der Waals surface area contributed by atoms with Crippen molar-refractivity contribution >= 4 is 5.97 Å². The van der Waals surface area contributed by atoms with Gasteiger partial charge in [0.1, 0.15) is 6.61 Å². The summed E-state index contributed by atoms with van der Waals surface area (Å²) in [5.74, 6) is -8.65. The van der Waals surface area contributed by atoms with Gasteiger partial charge in [0.25, 0.3) is 0 Å². The third kappa shape index (κ3) is 3.87. The SMILES string of the molecule is COC(=O)c1cc(O)c(OCc2ccccc2)c(C(F)(F)C(F)(F)F)c1. The number of hydrogen-bond acceptors (Lipinski definition) is 4. The van der Waals surface area contributed by atoms with E-state index in [-0.39, 0.29) is 6.61 Å². The number of esters is 1. The molecule has 0 aliphatic heterocycles. The Hall–Kier alpha value is -2.84. The van der Waals surface area contributed by atoms with Crippen molar-refractivity contribution in [2.45, 2.75) is 18.7 Å². The predicted molar refractivity (Wildman–Crippen MR) is 80.2 cm³/mol. The summed E-state index contributed by atoms with van der Waals surface area (Å²) in [5.41, 5.74) is -1.87. The number of hydrogen-bond donors (Lipinski definition) is 1. The van der Waals surface area contributed by atoms with Gasteiger partial charge in [-0.05, 0) is 17.7 Å². The molecule has 0 bridgehead atoms. The number of halogens is 5. The Morgan fingerprint density at radius 3 is 2.23 bits per heavy atom. The molecule has 140 valence electrons. The standard InChI is InChI=1S/C17H13F5O4/c1-25-15(24)11-7-12(16(18,19)17(20,21)22)14(13(23)8-11)26-9-10-5-3-2-4-6-10/h2-8,23H,9H2,1H3. The van der Waals surface area contributed by atoms with Crippen molar-refractivity contribution in [3.05, 3.63) is 59.2 Å². The molecular formula is C17H13F5O4. The second-order valence-corrected chi connectivity index (χ2v) is 5.21. The Kier molecular flexibility index (Phi) is 5.38. The zero-order valence-corrected chi connectivity index (χ0v) is 13.3. The molecule has 0 heterocycles. The largest absolute Gasteiger partial charge is 0.504 e. The highest BCUT2D eigenvalue weighted by Crippen LogP contribution is 2.50. The van der Waals surface area contributed by atoms with E-state index in [1.165, 1.54) is 0 Å². The fourth-order valence-corrected chi connectivity index (χ4v) is 2.12. The van der Waals surface area contributed by atoms with Crippen molar-refractivity contribution in [2.24, 2.45) is 0 Å². The molecular weight excluding hydrogens is 363 g/mol. The topological polar surface area (TPSA) is 55.8 Å². The Bertz CT molecular complexity index is 788. The van der Waals surface area contributed by atoms with E-state index < -0.39 is 40.7 Å². The first-order valence-electron chi connectivity index (χ1n) is 7.15. The molecule has 0 aliphatic carbocycles. The van der Waals surface area contributed by atoms with Crippen molar-refractivity contribution in [3.8, 4) is 11.5 Å². The van der Waals surface area contributed by atoms with Crippen LogP contribution in [0.4, 0.5) is 22.0 Å². The van der Waals surface area contributed by atoms with E-state index in [1.54, 1.807) is 30.3 Å². The molecule has 0 spiro atoms. The Morgan fingerprint density at radius 1 is 1.08 bits per heavy atom. The van der Waals surface area contributed by atoms with E-state index >= 15 is 0 Å². The third-order valence-electron chi connectivity index (χ3n) is 3.41. The lowest BCUT2D eigenvalue weighted by molar-refractivity contribution is -0.289. The minimum absolute atomic E-state index is 0.291. The van der Waals surface area contributed by atoms with Crippen molar-refractivity contribution in [3.63, 3.8) is 0 Å². The summed E-state index contributed by atoms with van der Waals surface area (Å²) in [4.78, 5) is 11.5. The molecule has 0 aromatic heterocycles. The van der Waals surface area contributed by atoms with Gasteiger partial charge in [0.2, 0.25) is 0 Å². The van der Waals surface area contributed by atoms with Crippen molar-refractivity contribution < 1.29 is 41.3 Å². The van der Waals surface area contributed by atoms with E-state index in [4.69, 9.17) is 4.74 Å². The van der Waals surface area contributed by atoms with Gasteiger partial charge in [-0.3, -0.25) is 0 Å². The molecule has 0 unspecified atom stereocenters. The Morgan fingerprint density at radius 2 is 1.69 bits per heavy atom. The molecule has 26 heavy (non-hydrogen) atoms. The van der Waals surface area contributed by atoms with E-state index in [0.717, 1.165) is 7.11 Å². The first-order valence-corrected chi connectivity index (χ1v) is 7.15. The molecule has 2 aromatic carbocycles. The smallest absolute Gasteiger partial charge is 0.458 e. The zero-order valence-electron chi connectivity index (χ0n) is 13.3. The molecule has 0 atom stereocenters. The summed E-state index contributed by atoms with van der Waals surface area (Å²) < 4.78 is 75.6. The maximum atomic E-state index is 13.9. The number of rotatable bonds is 5. The van der Waals surface area contributed by atoms with Crippen LogP contribution in [0.15, 0.2) is 42.5 Å². The van der Waals surface area contributed by atoms with Crippen LogP contribution in [0.25, 0.3) is 0 Å². The van der Waals surface area contributed by atoms with E-state index in [0.29, 0.717) is 17.7 Å². The van der Waals surface area contributed by atoms with Gasteiger partial charge in [-0.1, -0.05) is 30.3 Å². The molecule has 2 aromatic rings. The second kappa shape index (κ2) is 7.19. The van der Waals surface area contributed by atoms with Gasteiger partial charge in [-0.25, -0.2) is 4.79 Å². The molecule has 0 amide bonds. The van der Waals surface area contributed by atoms with Gasteiger partial charge < -0.3 is 14.6 Å². The summed E-state index contributed by atoms with van der Waals surface area (Å²) in [6, 6.07) is 9.01. The number of phenols is 1. The van der Waals surface area contributed by atoms with Crippen LogP contribution >= 0.6 is 0 Å². The lowest BCUT2D eigenvalue weighted by Crippen LogP contribution is -2.34. The van der Waals surface area contributed by atoms with Gasteiger partial charge in [0.05, 0.1) is 18.2 Å². The Balaban J connectivity index is 2.53. The second-order valence-electron chi connectivity index (χ2n) is 5.21. The third-order valence-corrected chi connectivity index (χ3v) is 3.41. The number of ether oxygens (including phenoxy) is 2. The minimum Gasteiger partial charge on any atom is -0.504 e. The van der Waals surface area contributed by atoms with Crippen LogP contribution in [-0.2, 0) is 17.3 Å². The molecule has 2 rings (SSSR count).